The minimum absolute atomic E-state index is 0.124. The lowest BCUT2D eigenvalue weighted by Crippen LogP contribution is -2.40. The van der Waals surface area contributed by atoms with Gasteiger partial charge in [0, 0.05) is 24.8 Å². The van der Waals surface area contributed by atoms with Gasteiger partial charge in [-0.1, -0.05) is 24.3 Å². The lowest BCUT2D eigenvalue weighted by molar-refractivity contribution is 0.0690. The summed E-state index contributed by atoms with van der Waals surface area (Å²) in [4.78, 5) is 29.3. The van der Waals surface area contributed by atoms with Gasteiger partial charge in [0.15, 0.2) is 0 Å². The number of pyridine rings is 1. The fourth-order valence-electron chi connectivity index (χ4n) is 2.99. The summed E-state index contributed by atoms with van der Waals surface area (Å²) in [5.74, 6) is -1.49. The monoisotopic (exact) mass is 325 g/mol. The predicted molar refractivity (Wildman–Crippen MR) is 90.3 cm³/mol. The van der Waals surface area contributed by atoms with Crippen molar-refractivity contribution in [1.29, 1.82) is 0 Å². The van der Waals surface area contributed by atoms with E-state index in [0.717, 1.165) is 25.1 Å². The van der Waals surface area contributed by atoms with E-state index in [-0.39, 0.29) is 23.3 Å². The van der Waals surface area contributed by atoms with Gasteiger partial charge in [-0.15, -0.1) is 0 Å². The molecule has 1 saturated heterocycles. The van der Waals surface area contributed by atoms with Gasteiger partial charge < -0.3 is 15.3 Å². The first-order valence-corrected chi connectivity index (χ1v) is 7.95. The maximum atomic E-state index is 12.2. The molecular formula is C18H19N3O3. The first-order valence-electron chi connectivity index (χ1n) is 7.95. The molecule has 0 spiro atoms. The smallest absolute Gasteiger partial charge is 0.354 e. The second-order valence-corrected chi connectivity index (χ2v) is 5.75. The molecule has 0 bridgehead atoms. The van der Waals surface area contributed by atoms with Crippen LogP contribution in [0.5, 0.6) is 0 Å². The molecule has 1 atom stereocenters. The molecule has 3 rings (SSSR count). The summed E-state index contributed by atoms with van der Waals surface area (Å²) in [6.07, 6.45) is 2.10. The van der Waals surface area contributed by atoms with Crippen molar-refractivity contribution in [2.45, 2.75) is 18.9 Å². The van der Waals surface area contributed by atoms with Gasteiger partial charge in [0.1, 0.15) is 11.4 Å². The van der Waals surface area contributed by atoms with E-state index in [1.54, 1.807) is 0 Å². The van der Waals surface area contributed by atoms with Gasteiger partial charge in [0.05, 0.1) is 0 Å². The van der Waals surface area contributed by atoms with E-state index >= 15 is 0 Å². The molecule has 2 N–H and O–H groups in total. The van der Waals surface area contributed by atoms with Gasteiger partial charge in [-0.2, -0.15) is 0 Å². The number of carboxylic acid groups (broad SMARTS) is 1. The molecule has 0 radical (unpaired) electrons. The van der Waals surface area contributed by atoms with Gasteiger partial charge in [-0.05, 0) is 37.1 Å². The SMILES string of the molecule is O=C(O)c1cccc(C(=O)NCC2CCCN2c2ccccc2)n1. The molecule has 1 unspecified atom stereocenters. The molecule has 2 aromatic rings. The number of carbonyl (C=O) groups is 2. The molecule has 6 nitrogen and oxygen atoms in total. The van der Waals surface area contributed by atoms with Gasteiger partial charge in [0.2, 0.25) is 0 Å². The van der Waals surface area contributed by atoms with Crippen LogP contribution in [0, 0.1) is 0 Å². The molecular weight excluding hydrogens is 306 g/mol. The lowest BCUT2D eigenvalue weighted by atomic mass is 10.2. The molecule has 0 aliphatic carbocycles. The number of hydrogen-bond acceptors (Lipinski definition) is 4. The maximum Gasteiger partial charge on any atom is 0.354 e. The van der Waals surface area contributed by atoms with Crippen molar-refractivity contribution in [3.8, 4) is 0 Å². The number of rotatable bonds is 5. The summed E-state index contributed by atoms with van der Waals surface area (Å²) in [5.41, 5.74) is 1.15. The van der Waals surface area contributed by atoms with Crippen LogP contribution in [0.4, 0.5) is 5.69 Å². The predicted octanol–water partition coefficient (Wildman–Crippen LogP) is 2.18. The van der Waals surface area contributed by atoms with E-state index in [1.165, 1.54) is 18.2 Å². The molecule has 1 fully saturated rings. The first kappa shape index (κ1) is 16.0. The highest BCUT2D eigenvalue weighted by Gasteiger charge is 2.25. The molecule has 6 heteroatoms. The molecule has 1 aromatic carbocycles. The first-order chi connectivity index (χ1) is 11.6. The number of aromatic carboxylic acids is 1. The number of benzene rings is 1. The molecule has 24 heavy (non-hydrogen) atoms. The normalized spacial score (nSPS) is 16.8. The Hall–Kier alpha value is -2.89. The second-order valence-electron chi connectivity index (χ2n) is 5.75. The Morgan fingerprint density at radius 2 is 1.88 bits per heavy atom. The third-order valence-corrected chi connectivity index (χ3v) is 4.16. The van der Waals surface area contributed by atoms with Gasteiger partial charge >= 0.3 is 5.97 Å². The Kier molecular flexibility index (Phi) is 4.74. The molecule has 1 aliphatic rings. The van der Waals surface area contributed by atoms with Crippen LogP contribution in [0.25, 0.3) is 0 Å². The number of para-hydroxylation sites is 1. The number of carbonyl (C=O) groups excluding carboxylic acids is 1. The Balaban J connectivity index is 1.63. The third-order valence-electron chi connectivity index (χ3n) is 4.16. The summed E-state index contributed by atoms with van der Waals surface area (Å²) in [6, 6.07) is 14.8. The van der Waals surface area contributed by atoms with Crippen LogP contribution in [0.15, 0.2) is 48.5 Å². The maximum absolute atomic E-state index is 12.2. The Morgan fingerprint density at radius 3 is 2.62 bits per heavy atom. The zero-order valence-corrected chi connectivity index (χ0v) is 13.2. The molecule has 1 aromatic heterocycles. The average molecular weight is 325 g/mol. The van der Waals surface area contributed by atoms with Crippen LogP contribution in [-0.4, -0.2) is 41.1 Å². The minimum Gasteiger partial charge on any atom is -0.477 e. The van der Waals surface area contributed by atoms with Crippen LogP contribution in [0.1, 0.15) is 33.8 Å². The fourth-order valence-corrected chi connectivity index (χ4v) is 2.99. The Labute approximate surface area is 140 Å². The van der Waals surface area contributed by atoms with Gasteiger partial charge in [0.25, 0.3) is 5.91 Å². The van der Waals surface area contributed by atoms with Crippen LogP contribution in [0.3, 0.4) is 0 Å². The van der Waals surface area contributed by atoms with E-state index in [4.69, 9.17) is 5.11 Å². The molecule has 0 saturated carbocycles. The van der Waals surface area contributed by atoms with Crippen LogP contribution >= 0.6 is 0 Å². The van der Waals surface area contributed by atoms with Crippen molar-refractivity contribution >= 4 is 17.6 Å². The van der Waals surface area contributed by atoms with Crippen molar-refractivity contribution in [2.75, 3.05) is 18.0 Å². The lowest BCUT2D eigenvalue weighted by Gasteiger charge is -2.27. The summed E-state index contributed by atoms with van der Waals surface area (Å²) in [5, 5.41) is 11.8. The highest BCUT2D eigenvalue weighted by atomic mass is 16.4. The Bertz CT molecular complexity index is 733. The standard InChI is InChI=1S/C18H19N3O3/c22-17(15-9-4-10-16(20-15)18(23)24)19-12-14-8-5-11-21(14)13-6-2-1-3-7-13/h1-4,6-7,9-10,14H,5,8,11-12H2,(H,19,22)(H,23,24). The molecule has 1 amide bonds. The van der Waals surface area contributed by atoms with E-state index in [0.29, 0.717) is 6.54 Å². The fraction of sp³-hybridized carbons (Fsp3) is 0.278. The van der Waals surface area contributed by atoms with Crippen molar-refractivity contribution < 1.29 is 14.7 Å². The zero-order valence-electron chi connectivity index (χ0n) is 13.2. The van der Waals surface area contributed by atoms with Crippen molar-refractivity contribution in [1.82, 2.24) is 10.3 Å². The number of amides is 1. The van der Waals surface area contributed by atoms with E-state index in [9.17, 15) is 9.59 Å². The third kappa shape index (κ3) is 3.53. The van der Waals surface area contributed by atoms with Crippen molar-refractivity contribution in [3.05, 3.63) is 59.9 Å². The summed E-state index contributed by atoms with van der Waals surface area (Å²) < 4.78 is 0. The van der Waals surface area contributed by atoms with Crippen LogP contribution < -0.4 is 10.2 Å². The number of anilines is 1. The number of aromatic nitrogens is 1. The number of carboxylic acids is 1. The molecule has 2 heterocycles. The van der Waals surface area contributed by atoms with Crippen molar-refractivity contribution in [3.63, 3.8) is 0 Å². The minimum atomic E-state index is -1.14. The quantitative estimate of drug-likeness (QED) is 0.880. The summed E-state index contributed by atoms with van der Waals surface area (Å²) in [7, 11) is 0. The van der Waals surface area contributed by atoms with Crippen LogP contribution in [-0.2, 0) is 0 Å². The number of nitrogens with zero attached hydrogens (tertiary/aromatic N) is 2. The number of nitrogens with one attached hydrogen (secondary N) is 1. The highest BCUT2D eigenvalue weighted by Crippen LogP contribution is 2.24. The second kappa shape index (κ2) is 7.12. The Morgan fingerprint density at radius 1 is 1.12 bits per heavy atom. The summed E-state index contributed by atoms with van der Waals surface area (Å²) in [6.45, 7) is 1.48. The van der Waals surface area contributed by atoms with E-state index in [2.05, 4.69) is 27.3 Å². The topological polar surface area (TPSA) is 82.5 Å². The molecule has 124 valence electrons. The van der Waals surface area contributed by atoms with Gasteiger partial charge in [-0.25, -0.2) is 9.78 Å². The van der Waals surface area contributed by atoms with E-state index in [1.807, 2.05) is 18.2 Å². The summed E-state index contributed by atoms with van der Waals surface area (Å²) >= 11 is 0. The largest absolute Gasteiger partial charge is 0.477 e. The number of hydrogen-bond donors (Lipinski definition) is 2. The highest BCUT2D eigenvalue weighted by molar-refractivity contribution is 5.94. The van der Waals surface area contributed by atoms with Crippen molar-refractivity contribution in [2.24, 2.45) is 0 Å². The van der Waals surface area contributed by atoms with Gasteiger partial charge in [-0.3, -0.25) is 4.79 Å². The van der Waals surface area contributed by atoms with E-state index < -0.39 is 5.97 Å². The zero-order chi connectivity index (χ0) is 16.9. The van der Waals surface area contributed by atoms with Crippen LogP contribution in [0.2, 0.25) is 0 Å². The molecule has 1 aliphatic heterocycles. The average Bonchev–Trinajstić information content (AvgIpc) is 3.09.